The summed E-state index contributed by atoms with van der Waals surface area (Å²) in [5.74, 6) is 0. The fraction of sp³-hybridized carbons (Fsp3) is 0.0943. The first-order valence-corrected chi connectivity index (χ1v) is 21.7. The highest BCUT2D eigenvalue weighted by Gasteiger charge is 2.14. The third-order valence-corrected chi connectivity index (χ3v) is 11.6. The van der Waals surface area contributed by atoms with Crippen molar-refractivity contribution in [3.8, 4) is 33.4 Å². The van der Waals surface area contributed by atoms with Gasteiger partial charge >= 0.3 is 0 Å². The largest absolute Gasteiger partial charge is 0.345 e. The minimum Gasteiger partial charge on any atom is -0.345 e. The van der Waals surface area contributed by atoms with Crippen LogP contribution < -0.4 is 4.90 Å². The van der Waals surface area contributed by atoms with Gasteiger partial charge in [-0.1, -0.05) is 158 Å². The van der Waals surface area contributed by atoms with Crippen LogP contribution in [0.4, 0.5) is 5.69 Å². The number of rotatable bonds is 11. The summed E-state index contributed by atoms with van der Waals surface area (Å²) >= 11 is 0. The van der Waals surface area contributed by atoms with Gasteiger partial charge in [0.25, 0.3) is 0 Å². The molecule has 7 aromatic rings. The molecule has 272 valence electrons. The number of anilines is 1. The van der Waals surface area contributed by atoms with Gasteiger partial charge in [0.1, 0.15) is 0 Å². The van der Waals surface area contributed by atoms with Crippen LogP contribution in [0.1, 0.15) is 23.6 Å². The summed E-state index contributed by atoms with van der Waals surface area (Å²) in [5, 5.41) is 2.48. The first-order valence-electron chi connectivity index (χ1n) is 18.9. The minimum atomic E-state index is -0.999. The standard InChI is InChI=1S/C53H49NS/c1-6-16-50(54(2)49-21-14-9-15-22-49)39-51(55(3,4)5)35-42-27-25-40(26-28-42)23-24-41-29-31-43(32-30-41)46-33-34-47-37-52(44-17-10-7-11-18-44)53(38-48(47)36-46)45-19-12-8-13-20-45/h6-39H,1-5H3/b16-6-,24-23+,50-39+,51-35-. The van der Waals surface area contributed by atoms with E-state index >= 15 is 0 Å². The molecule has 55 heavy (non-hydrogen) atoms. The maximum absolute atomic E-state index is 2.36. The van der Waals surface area contributed by atoms with Crippen molar-refractivity contribution in [3.05, 3.63) is 215 Å². The Labute approximate surface area is 329 Å². The molecule has 0 spiro atoms. The van der Waals surface area contributed by atoms with Gasteiger partial charge in [-0.25, -0.2) is 10.0 Å². The maximum Gasteiger partial charge on any atom is 0.0415 e. The number of allylic oxidation sites excluding steroid dienone is 3. The smallest absolute Gasteiger partial charge is 0.0415 e. The average Bonchev–Trinajstić information content (AvgIpc) is 3.22. The number of hydrogen-bond acceptors (Lipinski definition) is 1. The lowest BCUT2D eigenvalue weighted by molar-refractivity contribution is 1.13. The molecule has 0 unspecified atom stereocenters. The van der Waals surface area contributed by atoms with E-state index in [4.69, 9.17) is 0 Å². The highest BCUT2D eigenvalue weighted by atomic mass is 32.3. The molecule has 0 amide bonds. The molecular formula is C53H49NS. The van der Waals surface area contributed by atoms with E-state index in [0.29, 0.717) is 0 Å². The van der Waals surface area contributed by atoms with E-state index < -0.39 is 10.0 Å². The molecule has 0 aliphatic heterocycles. The van der Waals surface area contributed by atoms with Crippen molar-refractivity contribution >= 4 is 44.7 Å². The molecule has 0 aromatic heterocycles. The number of benzene rings is 7. The number of para-hydroxylation sites is 1. The lowest BCUT2D eigenvalue weighted by atomic mass is 9.90. The Bertz CT molecular complexity index is 2480. The molecule has 0 aliphatic rings. The SMILES string of the molecule is C\C=C/C(=C\C(=C\c1ccc(/C=C/c2ccc(-c3ccc4cc(-c5ccccc5)c(-c5ccccc5)cc4c3)cc2)cc1)S(C)(C)C)N(C)c1ccccc1. The summed E-state index contributed by atoms with van der Waals surface area (Å²) in [6.07, 6.45) is 20.5. The highest BCUT2D eigenvalue weighted by Crippen LogP contribution is 2.47. The predicted molar refractivity (Wildman–Crippen MR) is 247 cm³/mol. The van der Waals surface area contributed by atoms with Crippen molar-refractivity contribution in [2.24, 2.45) is 0 Å². The lowest BCUT2D eigenvalue weighted by Crippen LogP contribution is -2.15. The van der Waals surface area contributed by atoms with Gasteiger partial charge in [0.05, 0.1) is 0 Å². The molecule has 0 atom stereocenters. The van der Waals surface area contributed by atoms with Gasteiger partial charge in [-0.3, -0.25) is 0 Å². The van der Waals surface area contributed by atoms with E-state index in [9.17, 15) is 0 Å². The third-order valence-electron chi connectivity index (χ3n) is 9.97. The van der Waals surface area contributed by atoms with Gasteiger partial charge in [-0.15, -0.1) is 0 Å². The zero-order valence-electron chi connectivity index (χ0n) is 32.5. The Balaban J connectivity index is 1.09. The molecule has 0 saturated heterocycles. The van der Waals surface area contributed by atoms with Crippen molar-refractivity contribution in [1.29, 1.82) is 0 Å². The highest BCUT2D eigenvalue weighted by molar-refractivity contribution is 8.35. The molecule has 0 saturated carbocycles. The number of fused-ring (bicyclic) bond motifs is 1. The molecule has 1 nitrogen and oxygen atoms in total. The molecule has 7 rings (SSSR count). The average molecular weight is 732 g/mol. The van der Waals surface area contributed by atoms with Crippen molar-refractivity contribution < 1.29 is 0 Å². The molecule has 7 aromatic carbocycles. The molecule has 0 bridgehead atoms. The van der Waals surface area contributed by atoms with Crippen LogP contribution in [-0.2, 0) is 0 Å². The predicted octanol–water partition coefficient (Wildman–Crippen LogP) is 14.6. The van der Waals surface area contributed by atoms with Gasteiger partial charge in [-0.05, 0) is 140 Å². The molecule has 0 fully saturated rings. The summed E-state index contributed by atoms with van der Waals surface area (Å²) in [7, 11) is 1.14. The van der Waals surface area contributed by atoms with Gasteiger partial charge in [0.15, 0.2) is 0 Å². The quantitative estimate of drug-likeness (QED) is 0.0946. The second kappa shape index (κ2) is 16.9. The van der Waals surface area contributed by atoms with Crippen LogP contribution >= 0.6 is 10.0 Å². The second-order valence-corrected chi connectivity index (χ2v) is 18.8. The number of likely N-dealkylation sites (N-methyl/N-ethyl adjacent to an activating group) is 1. The molecule has 0 radical (unpaired) electrons. The molecular weight excluding hydrogens is 683 g/mol. The Morgan fingerprint density at radius 2 is 0.982 bits per heavy atom. The van der Waals surface area contributed by atoms with Crippen LogP contribution in [0.3, 0.4) is 0 Å². The fourth-order valence-corrected chi connectivity index (χ4v) is 7.77. The lowest BCUT2D eigenvalue weighted by Gasteiger charge is -2.29. The summed E-state index contributed by atoms with van der Waals surface area (Å²) in [6.45, 7) is 2.08. The Morgan fingerprint density at radius 3 is 1.53 bits per heavy atom. The Kier molecular flexibility index (Phi) is 11.5. The van der Waals surface area contributed by atoms with E-state index in [-0.39, 0.29) is 0 Å². The molecule has 2 heteroatoms. The van der Waals surface area contributed by atoms with Crippen molar-refractivity contribution in [2.75, 3.05) is 30.7 Å². The number of hydrogen-bond donors (Lipinski definition) is 0. The second-order valence-electron chi connectivity index (χ2n) is 14.7. The summed E-state index contributed by atoms with van der Waals surface area (Å²) in [4.78, 5) is 3.61. The van der Waals surface area contributed by atoms with Crippen LogP contribution in [0.5, 0.6) is 0 Å². The van der Waals surface area contributed by atoms with E-state index in [2.05, 4.69) is 244 Å². The molecule has 0 N–H and O–H groups in total. The number of nitrogens with zero attached hydrogens (tertiary/aromatic N) is 1. The van der Waals surface area contributed by atoms with Gasteiger partial charge in [-0.2, -0.15) is 0 Å². The minimum absolute atomic E-state index is 0.999. The van der Waals surface area contributed by atoms with Gasteiger partial charge in [0.2, 0.25) is 0 Å². The molecule has 0 heterocycles. The third kappa shape index (κ3) is 9.18. The topological polar surface area (TPSA) is 3.24 Å². The van der Waals surface area contributed by atoms with E-state index in [0.717, 1.165) is 0 Å². The van der Waals surface area contributed by atoms with Crippen LogP contribution in [0, 0.1) is 0 Å². The zero-order valence-corrected chi connectivity index (χ0v) is 33.3. The van der Waals surface area contributed by atoms with Crippen LogP contribution in [0.15, 0.2) is 199 Å². The van der Waals surface area contributed by atoms with Crippen LogP contribution in [0.25, 0.3) is 62.4 Å². The van der Waals surface area contributed by atoms with E-state index in [1.54, 1.807) is 0 Å². The first-order chi connectivity index (χ1) is 26.7. The maximum atomic E-state index is 2.36. The van der Waals surface area contributed by atoms with Gasteiger partial charge in [0, 0.05) is 18.4 Å². The summed E-state index contributed by atoms with van der Waals surface area (Å²) in [6, 6.07) is 61.2. The molecule has 0 aliphatic carbocycles. The van der Waals surface area contributed by atoms with Crippen LogP contribution in [-0.4, -0.2) is 25.8 Å². The Morgan fingerprint density at radius 1 is 0.491 bits per heavy atom. The normalized spacial score (nSPS) is 12.8. The van der Waals surface area contributed by atoms with Crippen LogP contribution in [0.2, 0.25) is 0 Å². The van der Waals surface area contributed by atoms with E-state index in [1.165, 1.54) is 77.1 Å². The zero-order chi connectivity index (χ0) is 38.2. The summed E-state index contributed by atoms with van der Waals surface area (Å²) in [5.41, 5.74) is 13.3. The van der Waals surface area contributed by atoms with Crippen molar-refractivity contribution in [1.82, 2.24) is 0 Å². The fourth-order valence-electron chi connectivity index (χ4n) is 6.81. The first kappa shape index (κ1) is 37.2. The monoisotopic (exact) mass is 731 g/mol. The van der Waals surface area contributed by atoms with Crippen molar-refractivity contribution in [2.45, 2.75) is 6.92 Å². The van der Waals surface area contributed by atoms with E-state index in [1.807, 2.05) is 0 Å². The Hall–Kier alpha value is -6.09. The van der Waals surface area contributed by atoms with Crippen molar-refractivity contribution in [3.63, 3.8) is 0 Å². The van der Waals surface area contributed by atoms with Gasteiger partial charge < -0.3 is 4.90 Å². The summed E-state index contributed by atoms with van der Waals surface area (Å²) < 4.78 is 0.